The van der Waals surface area contributed by atoms with E-state index in [1.165, 1.54) is 18.4 Å². The molecule has 2 rings (SSSR count). The van der Waals surface area contributed by atoms with Gasteiger partial charge in [-0.1, -0.05) is 6.07 Å². The summed E-state index contributed by atoms with van der Waals surface area (Å²) in [5, 5.41) is 11.9. The van der Waals surface area contributed by atoms with Crippen molar-refractivity contribution < 1.29 is 9.47 Å². The van der Waals surface area contributed by atoms with Crippen LogP contribution in [0.5, 0.6) is 11.5 Å². The van der Waals surface area contributed by atoms with Gasteiger partial charge in [-0.05, 0) is 62.9 Å². The highest BCUT2D eigenvalue weighted by atomic mass is 16.5. The SMILES string of the molecule is CCOc1cc(C2CCNCC2)ccc1OCCCC#N. The van der Waals surface area contributed by atoms with E-state index in [2.05, 4.69) is 23.5 Å². The lowest BCUT2D eigenvalue weighted by atomic mass is 9.90. The van der Waals surface area contributed by atoms with Crippen LogP contribution in [-0.4, -0.2) is 26.3 Å². The van der Waals surface area contributed by atoms with Crippen molar-refractivity contribution in [2.45, 2.75) is 38.5 Å². The number of nitriles is 1. The first-order chi connectivity index (χ1) is 10.3. The molecule has 0 amide bonds. The summed E-state index contributed by atoms with van der Waals surface area (Å²) < 4.78 is 11.5. The summed E-state index contributed by atoms with van der Waals surface area (Å²) in [5.41, 5.74) is 1.34. The second kappa shape index (κ2) is 8.53. The van der Waals surface area contributed by atoms with Crippen LogP contribution in [0.1, 0.15) is 44.1 Å². The molecule has 0 atom stereocenters. The van der Waals surface area contributed by atoms with E-state index >= 15 is 0 Å². The molecule has 1 fully saturated rings. The molecule has 1 heterocycles. The lowest BCUT2D eigenvalue weighted by molar-refractivity contribution is 0.274. The first-order valence-corrected chi connectivity index (χ1v) is 7.82. The minimum atomic E-state index is 0.525. The number of nitrogens with one attached hydrogen (secondary N) is 1. The monoisotopic (exact) mass is 288 g/mol. The van der Waals surface area contributed by atoms with Crippen LogP contribution in [0.25, 0.3) is 0 Å². The van der Waals surface area contributed by atoms with Crippen LogP contribution in [-0.2, 0) is 0 Å². The second-order valence-corrected chi connectivity index (χ2v) is 5.27. The van der Waals surface area contributed by atoms with Crippen molar-refractivity contribution >= 4 is 0 Å². The van der Waals surface area contributed by atoms with Crippen molar-refractivity contribution in [3.63, 3.8) is 0 Å². The van der Waals surface area contributed by atoms with Gasteiger partial charge in [0.25, 0.3) is 0 Å². The third kappa shape index (κ3) is 4.64. The fraction of sp³-hybridized carbons (Fsp3) is 0.588. The zero-order valence-corrected chi connectivity index (χ0v) is 12.7. The lowest BCUT2D eigenvalue weighted by Gasteiger charge is -2.24. The molecule has 0 radical (unpaired) electrons. The van der Waals surface area contributed by atoms with E-state index < -0.39 is 0 Å². The number of benzene rings is 1. The molecule has 0 unspecified atom stereocenters. The fourth-order valence-corrected chi connectivity index (χ4v) is 2.65. The molecule has 114 valence electrons. The molecule has 1 aromatic carbocycles. The molecule has 1 aliphatic rings. The zero-order chi connectivity index (χ0) is 14.9. The van der Waals surface area contributed by atoms with Gasteiger partial charge in [-0.25, -0.2) is 0 Å². The Morgan fingerprint density at radius 3 is 2.76 bits per heavy atom. The minimum Gasteiger partial charge on any atom is -0.490 e. The molecule has 1 N–H and O–H groups in total. The zero-order valence-electron chi connectivity index (χ0n) is 12.7. The van der Waals surface area contributed by atoms with Gasteiger partial charge >= 0.3 is 0 Å². The highest BCUT2D eigenvalue weighted by molar-refractivity contribution is 5.44. The van der Waals surface area contributed by atoms with E-state index in [1.807, 2.05) is 13.0 Å². The first kappa shape index (κ1) is 15.7. The normalized spacial score (nSPS) is 15.4. The van der Waals surface area contributed by atoms with E-state index in [4.69, 9.17) is 14.7 Å². The molecule has 0 aliphatic carbocycles. The largest absolute Gasteiger partial charge is 0.490 e. The number of nitrogens with zero attached hydrogens (tertiary/aromatic N) is 1. The second-order valence-electron chi connectivity index (χ2n) is 5.27. The Kier molecular flexibility index (Phi) is 6.36. The van der Waals surface area contributed by atoms with E-state index in [9.17, 15) is 0 Å². The smallest absolute Gasteiger partial charge is 0.161 e. The molecular weight excluding hydrogens is 264 g/mol. The van der Waals surface area contributed by atoms with Crippen LogP contribution in [0.15, 0.2) is 18.2 Å². The maximum absolute atomic E-state index is 8.55. The highest BCUT2D eigenvalue weighted by Crippen LogP contribution is 2.34. The molecule has 1 saturated heterocycles. The van der Waals surface area contributed by atoms with E-state index in [-0.39, 0.29) is 0 Å². The van der Waals surface area contributed by atoms with Crippen molar-refractivity contribution in [3.05, 3.63) is 23.8 Å². The molecular formula is C17H24N2O2. The number of unbranched alkanes of at least 4 members (excludes halogenated alkanes) is 1. The van der Waals surface area contributed by atoms with Gasteiger partial charge in [0, 0.05) is 6.42 Å². The number of ether oxygens (including phenoxy) is 2. The number of piperidine rings is 1. The Bertz CT molecular complexity index is 476. The quantitative estimate of drug-likeness (QED) is 0.783. The van der Waals surface area contributed by atoms with E-state index in [0.717, 1.165) is 31.0 Å². The molecule has 1 aliphatic heterocycles. The van der Waals surface area contributed by atoms with Gasteiger partial charge < -0.3 is 14.8 Å². The maximum Gasteiger partial charge on any atom is 0.161 e. The van der Waals surface area contributed by atoms with Crippen LogP contribution in [0.2, 0.25) is 0 Å². The lowest BCUT2D eigenvalue weighted by Crippen LogP contribution is -2.26. The Balaban J connectivity index is 2.04. The number of hydrogen-bond acceptors (Lipinski definition) is 4. The predicted molar refractivity (Wildman–Crippen MR) is 82.8 cm³/mol. The van der Waals surface area contributed by atoms with Gasteiger partial charge in [0.2, 0.25) is 0 Å². The van der Waals surface area contributed by atoms with Crippen LogP contribution < -0.4 is 14.8 Å². The Morgan fingerprint density at radius 1 is 1.24 bits per heavy atom. The van der Waals surface area contributed by atoms with E-state index in [1.54, 1.807) is 0 Å². The predicted octanol–water partition coefficient (Wildman–Crippen LogP) is 3.23. The summed E-state index contributed by atoms with van der Waals surface area (Å²) in [6.45, 7) is 5.34. The molecule has 0 bridgehead atoms. The standard InChI is InChI=1S/C17H24N2O2/c1-2-20-17-13-15(14-7-10-19-11-8-14)5-6-16(17)21-12-4-3-9-18/h5-6,13-14,19H,2-4,7-8,10-12H2,1H3. The van der Waals surface area contributed by atoms with Crippen molar-refractivity contribution in [2.75, 3.05) is 26.3 Å². The first-order valence-electron chi connectivity index (χ1n) is 7.82. The average molecular weight is 288 g/mol. The Hall–Kier alpha value is -1.73. The van der Waals surface area contributed by atoms with Crippen LogP contribution in [0, 0.1) is 11.3 Å². The molecule has 0 saturated carbocycles. The summed E-state index contributed by atoms with van der Waals surface area (Å²) >= 11 is 0. The fourth-order valence-electron chi connectivity index (χ4n) is 2.65. The molecule has 21 heavy (non-hydrogen) atoms. The van der Waals surface area contributed by atoms with Gasteiger partial charge in [0.15, 0.2) is 11.5 Å². The minimum absolute atomic E-state index is 0.525. The van der Waals surface area contributed by atoms with Crippen molar-refractivity contribution in [3.8, 4) is 17.6 Å². The van der Waals surface area contributed by atoms with Gasteiger partial charge in [-0.15, -0.1) is 0 Å². The van der Waals surface area contributed by atoms with Crippen LogP contribution >= 0.6 is 0 Å². The van der Waals surface area contributed by atoms with Gasteiger partial charge in [0.05, 0.1) is 19.3 Å². The van der Waals surface area contributed by atoms with Gasteiger partial charge in [-0.2, -0.15) is 5.26 Å². The van der Waals surface area contributed by atoms with Crippen LogP contribution in [0.3, 0.4) is 0 Å². The Morgan fingerprint density at radius 2 is 2.05 bits per heavy atom. The van der Waals surface area contributed by atoms with Gasteiger partial charge in [-0.3, -0.25) is 0 Å². The van der Waals surface area contributed by atoms with Gasteiger partial charge in [0.1, 0.15) is 0 Å². The van der Waals surface area contributed by atoms with Crippen molar-refractivity contribution in [1.29, 1.82) is 5.26 Å². The summed E-state index contributed by atoms with van der Waals surface area (Å²) in [7, 11) is 0. The van der Waals surface area contributed by atoms with Crippen LogP contribution in [0.4, 0.5) is 0 Å². The number of rotatable bonds is 7. The summed E-state index contributed by atoms with van der Waals surface area (Å²) in [4.78, 5) is 0. The summed E-state index contributed by atoms with van der Waals surface area (Å²) in [6, 6.07) is 8.41. The molecule has 0 aromatic heterocycles. The third-order valence-corrected chi connectivity index (χ3v) is 3.77. The summed E-state index contributed by atoms with van der Waals surface area (Å²) in [5.74, 6) is 2.22. The number of hydrogen-bond donors (Lipinski definition) is 1. The topological polar surface area (TPSA) is 54.3 Å². The molecule has 4 heteroatoms. The molecule has 4 nitrogen and oxygen atoms in total. The maximum atomic E-state index is 8.55. The average Bonchev–Trinajstić information content (AvgIpc) is 2.54. The molecule has 0 spiro atoms. The third-order valence-electron chi connectivity index (χ3n) is 3.77. The summed E-state index contributed by atoms with van der Waals surface area (Å²) in [6.07, 6.45) is 3.62. The van der Waals surface area contributed by atoms with E-state index in [0.29, 0.717) is 25.6 Å². The molecule has 1 aromatic rings. The Labute approximate surface area is 127 Å². The highest BCUT2D eigenvalue weighted by Gasteiger charge is 2.17. The van der Waals surface area contributed by atoms with Crippen molar-refractivity contribution in [1.82, 2.24) is 5.32 Å². The van der Waals surface area contributed by atoms with Crippen molar-refractivity contribution in [2.24, 2.45) is 0 Å².